The fourth-order valence-corrected chi connectivity index (χ4v) is 3.12. The lowest BCUT2D eigenvalue weighted by atomic mass is 10.1. The lowest BCUT2D eigenvalue weighted by molar-refractivity contribution is -0.384. The summed E-state index contributed by atoms with van der Waals surface area (Å²) in [6.07, 6.45) is 1.63. The van der Waals surface area contributed by atoms with Gasteiger partial charge < -0.3 is 15.2 Å². The van der Waals surface area contributed by atoms with Crippen LogP contribution in [0.15, 0.2) is 36.5 Å². The number of benzene rings is 1. The van der Waals surface area contributed by atoms with Gasteiger partial charge in [0.25, 0.3) is 11.6 Å². The first-order valence-corrected chi connectivity index (χ1v) is 8.66. The number of piperazine rings is 1. The fraction of sp³-hybridized carbons (Fsp3) is 0.389. The van der Waals surface area contributed by atoms with Gasteiger partial charge in [-0.15, -0.1) is 0 Å². The first-order chi connectivity index (χ1) is 12.6. The molecule has 0 radical (unpaired) electrons. The lowest BCUT2D eigenvalue weighted by Crippen LogP contribution is -2.46. The van der Waals surface area contributed by atoms with E-state index in [1.54, 1.807) is 30.5 Å². The molecule has 0 bridgehead atoms. The molecule has 0 spiro atoms. The van der Waals surface area contributed by atoms with Crippen LogP contribution in [-0.2, 0) is 0 Å². The van der Waals surface area contributed by atoms with E-state index in [0.717, 1.165) is 32.7 Å². The minimum absolute atomic E-state index is 0.0264. The van der Waals surface area contributed by atoms with Gasteiger partial charge in [0.05, 0.1) is 21.7 Å². The van der Waals surface area contributed by atoms with Crippen LogP contribution < -0.4 is 5.32 Å². The Kier molecular flexibility index (Phi) is 5.65. The van der Waals surface area contributed by atoms with Crippen molar-refractivity contribution in [3.63, 3.8) is 0 Å². The summed E-state index contributed by atoms with van der Waals surface area (Å²) in [5.41, 5.74) is 1.26. The zero-order valence-electron chi connectivity index (χ0n) is 14.8. The van der Waals surface area contributed by atoms with E-state index in [4.69, 9.17) is 0 Å². The number of aromatic amines is 1. The molecular formula is C18H23N5O3. The molecule has 1 aromatic carbocycles. The Morgan fingerprint density at radius 1 is 1.23 bits per heavy atom. The first-order valence-electron chi connectivity index (χ1n) is 8.66. The van der Waals surface area contributed by atoms with Gasteiger partial charge in [0.15, 0.2) is 0 Å². The van der Waals surface area contributed by atoms with Crippen LogP contribution in [-0.4, -0.2) is 71.9 Å². The van der Waals surface area contributed by atoms with Crippen LogP contribution in [0.2, 0.25) is 0 Å². The van der Waals surface area contributed by atoms with Crippen LogP contribution >= 0.6 is 0 Å². The third kappa shape index (κ3) is 4.09. The summed E-state index contributed by atoms with van der Waals surface area (Å²) in [5, 5.41) is 14.2. The normalized spacial score (nSPS) is 15.7. The standard InChI is InChI=1S/C18H23N5O3/c1-21-10-12-22(13-11-21)9-8-20-18(24)15-6-7-19-17(15)14-4-2-3-5-16(14)23(25)26/h2-7,19H,8-13H2,1H3,(H,20,24). The number of nitro benzene ring substituents is 1. The average Bonchev–Trinajstić information content (AvgIpc) is 3.13. The van der Waals surface area contributed by atoms with E-state index in [9.17, 15) is 14.9 Å². The number of hydrogen-bond donors (Lipinski definition) is 2. The second-order valence-electron chi connectivity index (χ2n) is 6.44. The number of nitro groups is 1. The number of carbonyl (C=O) groups is 1. The van der Waals surface area contributed by atoms with E-state index in [0.29, 0.717) is 23.4 Å². The molecule has 0 atom stereocenters. The smallest absolute Gasteiger partial charge is 0.278 e. The summed E-state index contributed by atoms with van der Waals surface area (Å²) < 4.78 is 0. The number of likely N-dealkylation sites (N-methyl/N-ethyl adjacent to an activating group) is 1. The average molecular weight is 357 g/mol. The summed E-state index contributed by atoms with van der Waals surface area (Å²) in [6.45, 7) is 5.41. The van der Waals surface area contributed by atoms with E-state index < -0.39 is 4.92 Å². The van der Waals surface area contributed by atoms with Crippen molar-refractivity contribution in [2.24, 2.45) is 0 Å². The molecule has 8 heteroatoms. The number of nitrogens with one attached hydrogen (secondary N) is 2. The summed E-state index contributed by atoms with van der Waals surface area (Å²) >= 11 is 0. The molecule has 3 rings (SSSR count). The Labute approximate surface area is 151 Å². The molecule has 1 aliphatic heterocycles. The van der Waals surface area contributed by atoms with Gasteiger partial charge in [-0.05, 0) is 19.2 Å². The summed E-state index contributed by atoms with van der Waals surface area (Å²) in [5.74, 6) is -0.228. The Balaban J connectivity index is 1.65. The van der Waals surface area contributed by atoms with Crippen LogP contribution in [0.1, 0.15) is 10.4 Å². The molecule has 1 fully saturated rings. The third-order valence-corrected chi connectivity index (χ3v) is 4.67. The largest absolute Gasteiger partial charge is 0.360 e. The number of hydrogen-bond acceptors (Lipinski definition) is 5. The zero-order chi connectivity index (χ0) is 18.5. The third-order valence-electron chi connectivity index (χ3n) is 4.67. The second kappa shape index (κ2) is 8.11. The highest BCUT2D eigenvalue weighted by molar-refractivity contribution is 6.01. The Morgan fingerprint density at radius 2 is 1.96 bits per heavy atom. The highest BCUT2D eigenvalue weighted by Crippen LogP contribution is 2.30. The van der Waals surface area contributed by atoms with Gasteiger partial charge in [-0.25, -0.2) is 0 Å². The van der Waals surface area contributed by atoms with Gasteiger partial charge >= 0.3 is 0 Å². The summed E-state index contributed by atoms with van der Waals surface area (Å²) in [7, 11) is 2.11. The van der Waals surface area contributed by atoms with Crippen molar-refractivity contribution < 1.29 is 9.72 Å². The predicted molar refractivity (Wildman–Crippen MR) is 99.2 cm³/mol. The van der Waals surface area contributed by atoms with Crippen molar-refractivity contribution in [1.29, 1.82) is 0 Å². The molecule has 1 aromatic heterocycles. The van der Waals surface area contributed by atoms with Crippen molar-refractivity contribution in [2.45, 2.75) is 0 Å². The van der Waals surface area contributed by atoms with E-state index in [-0.39, 0.29) is 11.6 Å². The fourth-order valence-electron chi connectivity index (χ4n) is 3.12. The molecule has 2 aromatic rings. The predicted octanol–water partition coefficient (Wildman–Crippen LogP) is 1.57. The Hall–Kier alpha value is -2.71. The molecule has 2 N–H and O–H groups in total. The van der Waals surface area contributed by atoms with Gasteiger partial charge in [-0.1, -0.05) is 12.1 Å². The number of amides is 1. The quantitative estimate of drug-likeness (QED) is 0.604. The number of H-pyrrole nitrogens is 1. The van der Waals surface area contributed by atoms with Gasteiger partial charge in [0.1, 0.15) is 0 Å². The maximum Gasteiger partial charge on any atom is 0.278 e. The van der Waals surface area contributed by atoms with E-state index >= 15 is 0 Å². The molecule has 8 nitrogen and oxygen atoms in total. The zero-order valence-corrected chi connectivity index (χ0v) is 14.8. The Morgan fingerprint density at radius 3 is 2.69 bits per heavy atom. The van der Waals surface area contributed by atoms with Crippen molar-refractivity contribution in [3.8, 4) is 11.3 Å². The van der Waals surface area contributed by atoms with Gasteiger partial charge in [-0.3, -0.25) is 19.8 Å². The van der Waals surface area contributed by atoms with Gasteiger partial charge in [0, 0.05) is 51.5 Å². The van der Waals surface area contributed by atoms with E-state index in [1.165, 1.54) is 6.07 Å². The molecule has 0 aliphatic carbocycles. The molecule has 0 saturated carbocycles. The number of aromatic nitrogens is 1. The topological polar surface area (TPSA) is 94.5 Å². The molecule has 1 aliphatic rings. The van der Waals surface area contributed by atoms with Crippen molar-refractivity contribution >= 4 is 11.6 Å². The molecule has 138 valence electrons. The minimum Gasteiger partial charge on any atom is -0.360 e. The van der Waals surface area contributed by atoms with E-state index in [2.05, 4.69) is 27.1 Å². The molecule has 0 unspecified atom stereocenters. The SMILES string of the molecule is CN1CCN(CCNC(=O)c2cc[nH]c2-c2ccccc2[N+](=O)[O-])CC1. The van der Waals surface area contributed by atoms with Crippen molar-refractivity contribution in [3.05, 3.63) is 52.2 Å². The summed E-state index contributed by atoms with van der Waals surface area (Å²) in [4.78, 5) is 30.9. The molecule has 2 heterocycles. The van der Waals surface area contributed by atoms with Gasteiger partial charge in [-0.2, -0.15) is 0 Å². The molecule has 1 amide bonds. The monoisotopic (exact) mass is 357 g/mol. The second-order valence-corrected chi connectivity index (χ2v) is 6.44. The number of nitrogens with zero attached hydrogens (tertiary/aromatic N) is 3. The maximum absolute atomic E-state index is 12.5. The summed E-state index contributed by atoms with van der Waals surface area (Å²) in [6, 6.07) is 8.06. The van der Waals surface area contributed by atoms with E-state index in [1.807, 2.05) is 0 Å². The first kappa shape index (κ1) is 18.1. The molecule has 1 saturated heterocycles. The molecule has 26 heavy (non-hydrogen) atoms. The highest BCUT2D eigenvalue weighted by Gasteiger charge is 2.21. The van der Waals surface area contributed by atoms with Gasteiger partial charge in [0.2, 0.25) is 0 Å². The van der Waals surface area contributed by atoms with Crippen molar-refractivity contribution in [2.75, 3.05) is 46.3 Å². The number of para-hydroxylation sites is 1. The molecular weight excluding hydrogens is 334 g/mol. The van der Waals surface area contributed by atoms with Crippen molar-refractivity contribution in [1.82, 2.24) is 20.1 Å². The van der Waals surface area contributed by atoms with Crippen LogP contribution in [0, 0.1) is 10.1 Å². The minimum atomic E-state index is -0.439. The number of carbonyl (C=O) groups excluding carboxylic acids is 1. The van der Waals surface area contributed by atoms with Crippen LogP contribution in [0.5, 0.6) is 0 Å². The highest BCUT2D eigenvalue weighted by atomic mass is 16.6. The van der Waals surface area contributed by atoms with Crippen LogP contribution in [0.4, 0.5) is 5.69 Å². The number of rotatable bonds is 6. The Bertz CT molecular complexity index is 781. The lowest BCUT2D eigenvalue weighted by Gasteiger charge is -2.32. The van der Waals surface area contributed by atoms with Crippen LogP contribution in [0.25, 0.3) is 11.3 Å². The van der Waals surface area contributed by atoms with Crippen LogP contribution in [0.3, 0.4) is 0 Å². The maximum atomic E-state index is 12.5.